The third kappa shape index (κ3) is 6.80. The summed E-state index contributed by atoms with van der Waals surface area (Å²) in [5.74, 6) is 0.582. The van der Waals surface area contributed by atoms with Crippen molar-refractivity contribution in [2.45, 2.75) is 55.6 Å². The van der Waals surface area contributed by atoms with E-state index in [1.165, 1.54) is 48.1 Å². The number of nitrogens with one attached hydrogen (secondary N) is 1. The van der Waals surface area contributed by atoms with Gasteiger partial charge in [0, 0.05) is 34.0 Å². The van der Waals surface area contributed by atoms with Crippen LogP contribution in [0.4, 0.5) is 5.69 Å². The number of hydrogen-bond acceptors (Lipinski definition) is 4. The molecule has 1 saturated heterocycles. The van der Waals surface area contributed by atoms with E-state index in [2.05, 4.69) is 57.8 Å². The van der Waals surface area contributed by atoms with E-state index >= 15 is 0 Å². The molecule has 4 aromatic carbocycles. The van der Waals surface area contributed by atoms with Gasteiger partial charge >= 0.3 is 0 Å². The zero-order valence-corrected chi connectivity index (χ0v) is 28.0. The van der Waals surface area contributed by atoms with Gasteiger partial charge in [0.2, 0.25) is 11.2 Å². The number of benzene rings is 4. The van der Waals surface area contributed by atoms with Gasteiger partial charge in [-0.1, -0.05) is 85.5 Å². The third-order valence-corrected chi connectivity index (χ3v) is 11.4. The summed E-state index contributed by atoms with van der Waals surface area (Å²) in [6, 6.07) is 31.3. The highest BCUT2D eigenvalue weighted by atomic mass is 35.5. The fraction of sp³-hybridized carbons (Fsp3) is 0.243. The summed E-state index contributed by atoms with van der Waals surface area (Å²) in [5, 5.41) is 1.40. The summed E-state index contributed by atoms with van der Waals surface area (Å²) in [6.45, 7) is 2.06. The number of hydrogen-bond donors (Lipinski definition) is 1. The number of amides is 1. The van der Waals surface area contributed by atoms with Gasteiger partial charge in [0.05, 0.1) is 16.4 Å². The van der Waals surface area contributed by atoms with Gasteiger partial charge in [-0.15, -0.1) is 11.8 Å². The first-order chi connectivity index (χ1) is 22.4. The number of aromatic nitrogens is 2. The van der Waals surface area contributed by atoms with Gasteiger partial charge in [-0.2, -0.15) is 0 Å². The Balaban J connectivity index is 1.16. The van der Waals surface area contributed by atoms with E-state index in [-0.39, 0.29) is 12.5 Å². The highest BCUT2D eigenvalue weighted by Crippen LogP contribution is 2.35. The van der Waals surface area contributed by atoms with E-state index in [1.807, 2.05) is 67.3 Å². The molecule has 9 heteroatoms. The first-order valence-corrected chi connectivity index (χ1v) is 18.1. The Hall–Kier alpha value is -3.85. The maximum Gasteiger partial charge on any atom is 0.253 e. The van der Waals surface area contributed by atoms with Crippen molar-refractivity contribution in [3.63, 3.8) is 0 Å². The Morgan fingerprint density at radius 3 is 2.33 bits per heavy atom. The summed E-state index contributed by atoms with van der Waals surface area (Å²) in [5.41, 5.74) is 7.79. The van der Waals surface area contributed by atoms with Crippen LogP contribution in [0.25, 0.3) is 28.1 Å². The normalized spacial score (nSPS) is 17.0. The van der Waals surface area contributed by atoms with Crippen LogP contribution in [0, 0.1) is 6.92 Å². The average Bonchev–Trinajstić information content (AvgIpc) is 3.64. The number of carbonyl (C=O) groups excluding carboxylic acids is 1. The van der Waals surface area contributed by atoms with Crippen molar-refractivity contribution < 1.29 is 9.00 Å². The lowest BCUT2D eigenvalue weighted by Crippen LogP contribution is -2.22. The molecule has 1 atom stereocenters. The fourth-order valence-electron chi connectivity index (χ4n) is 6.18. The smallest absolute Gasteiger partial charge is 0.253 e. The van der Waals surface area contributed by atoms with E-state index in [9.17, 15) is 9.00 Å². The predicted molar refractivity (Wildman–Crippen MR) is 190 cm³/mol. The predicted octanol–water partition coefficient (Wildman–Crippen LogP) is 8.70. The second-order valence-corrected chi connectivity index (χ2v) is 14.9. The minimum Gasteiger partial charge on any atom is -0.303 e. The maximum atomic E-state index is 12.5. The average molecular weight is 667 g/mol. The number of aryl methyl sites for hydroxylation is 1. The molecule has 234 valence electrons. The van der Waals surface area contributed by atoms with Gasteiger partial charge in [-0.05, 0) is 78.4 Å². The molecule has 1 aromatic heterocycles. The second kappa shape index (κ2) is 13.5. The molecule has 2 heterocycles. The van der Waals surface area contributed by atoms with Crippen molar-refractivity contribution in [2.75, 3.05) is 10.8 Å². The molecular formula is C37H35ClN4O2S2. The summed E-state index contributed by atoms with van der Waals surface area (Å²) >= 11 is 7.10. The van der Waals surface area contributed by atoms with Crippen molar-refractivity contribution in [1.29, 1.82) is 0 Å². The van der Waals surface area contributed by atoms with Gasteiger partial charge in [-0.3, -0.25) is 13.8 Å². The van der Waals surface area contributed by atoms with Crippen LogP contribution in [-0.4, -0.2) is 31.5 Å². The number of imidazole rings is 1. The number of thioether (sulfide) groups is 1. The molecule has 46 heavy (non-hydrogen) atoms. The Kier molecular flexibility index (Phi) is 9.02. The molecule has 2 fully saturated rings. The van der Waals surface area contributed by atoms with Crippen molar-refractivity contribution in [3.8, 4) is 28.1 Å². The number of anilines is 1. The summed E-state index contributed by atoms with van der Waals surface area (Å²) in [6.07, 6.45) is 9.35. The van der Waals surface area contributed by atoms with Crippen LogP contribution in [0.5, 0.6) is 0 Å². The van der Waals surface area contributed by atoms with Crippen LogP contribution in [0.3, 0.4) is 0 Å². The summed E-state index contributed by atoms with van der Waals surface area (Å²) in [4.78, 5) is 18.3. The quantitative estimate of drug-likeness (QED) is 0.180. The van der Waals surface area contributed by atoms with Crippen molar-refractivity contribution >= 4 is 46.1 Å². The molecule has 0 spiro atoms. The van der Waals surface area contributed by atoms with Gasteiger partial charge in [-0.25, -0.2) is 9.19 Å². The lowest BCUT2D eigenvalue weighted by molar-refractivity contribution is -0.117. The molecule has 1 aliphatic carbocycles. The molecule has 1 unspecified atom stereocenters. The Labute approximate surface area is 281 Å². The minimum atomic E-state index is -1.60. The van der Waals surface area contributed by atoms with Crippen LogP contribution in [0.2, 0.25) is 5.02 Å². The lowest BCUT2D eigenvalue weighted by atomic mass is 10.0. The Morgan fingerprint density at radius 2 is 1.63 bits per heavy atom. The van der Waals surface area contributed by atoms with Crippen molar-refractivity contribution in [1.82, 2.24) is 14.3 Å². The largest absolute Gasteiger partial charge is 0.303 e. The van der Waals surface area contributed by atoms with Crippen LogP contribution in [-0.2, 0) is 22.4 Å². The minimum absolute atomic E-state index is 0.0471. The third-order valence-electron chi connectivity index (χ3n) is 8.62. The highest BCUT2D eigenvalue weighted by Gasteiger charge is 2.27. The highest BCUT2D eigenvalue weighted by molar-refractivity contribution is 8.00. The van der Waals surface area contributed by atoms with Gasteiger partial charge < -0.3 is 4.57 Å². The lowest BCUT2D eigenvalue weighted by Gasteiger charge is -2.21. The molecular weight excluding hydrogens is 632 g/mol. The number of nitrogens with zero attached hydrogens (tertiary/aromatic N) is 3. The van der Waals surface area contributed by atoms with E-state index in [4.69, 9.17) is 16.6 Å². The van der Waals surface area contributed by atoms with E-state index < -0.39 is 11.2 Å². The molecule has 1 amide bonds. The van der Waals surface area contributed by atoms with E-state index in [0.717, 1.165) is 39.1 Å². The van der Waals surface area contributed by atoms with E-state index in [0.29, 0.717) is 17.1 Å². The number of rotatable bonds is 8. The van der Waals surface area contributed by atoms with Crippen molar-refractivity contribution in [3.05, 3.63) is 119 Å². The first-order valence-electron chi connectivity index (χ1n) is 15.7. The maximum absolute atomic E-state index is 12.5. The number of carbonyl (C=O) groups is 1. The second-order valence-electron chi connectivity index (χ2n) is 12.0. The standard InChI is InChI=1S/C37H35ClN4O2S2/c1-25-10-19-33(34(38)20-25)35-23-41(29-6-5-7-30(22-29)42-24-37(43)40-46(42)44)36(39-35)21-26-11-13-27(14-12-26)28-15-17-32(18-16-28)45-31-8-3-2-4-9-31/h5-7,10-20,22-23,31H,2-4,8-9,21,24H2,1H3,(H,40,43). The zero-order chi connectivity index (χ0) is 31.6. The first kappa shape index (κ1) is 30.8. The molecule has 6 nitrogen and oxygen atoms in total. The van der Waals surface area contributed by atoms with Crippen LogP contribution >= 0.6 is 23.4 Å². The topological polar surface area (TPSA) is 67.2 Å². The van der Waals surface area contributed by atoms with Crippen LogP contribution in [0.15, 0.2) is 102 Å². The van der Waals surface area contributed by atoms with Gasteiger partial charge in [0.1, 0.15) is 12.4 Å². The SMILES string of the molecule is Cc1ccc(-c2cn(-c3cccc(N4CC(=O)NS4=O)c3)c(Cc3ccc(-c4ccc(SC5CCCCC5)cc4)cc3)n2)c(Cl)c1. The zero-order valence-electron chi connectivity index (χ0n) is 25.6. The monoisotopic (exact) mass is 666 g/mol. The molecule has 5 aromatic rings. The Bertz CT molecular complexity index is 1900. The molecule has 1 aliphatic heterocycles. The molecule has 1 saturated carbocycles. The Morgan fingerprint density at radius 1 is 0.913 bits per heavy atom. The van der Waals surface area contributed by atoms with Crippen molar-refractivity contribution in [2.24, 2.45) is 0 Å². The summed E-state index contributed by atoms with van der Waals surface area (Å²) < 4.78 is 18.6. The fourth-order valence-corrected chi connectivity index (χ4v) is 8.67. The molecule has 0 radical (unpaired) electrons. The summed E-state index contributed by atoms with van der Waals surface area (Å²) in [7, 11) is 0. The van der Waals surface area contributed by atoms with Crippen LogP contribution in [0.1, 0.15) is 49.1 Å². The number of halogens is 1. The van der Waals surface area contributed by atoms with Gasteiger partial charge in [0.25, 0.3) is 5.91 Å². The van der Waals surface area contributed by atoms with Crippen LogP contribution < -0.4 is 9.03 Å². The molecule has 2 aliphatic rings. The van der Waals surface area contributed by atoms with Gasteiger partial charge in [0.15, 0.2) is 0 Å². The molecule has 0 bridgehead atoms. The molecule has 1 N–H and O–H groups in total. The van der Waals surface area contributed by atoms with E-state index in [1.54, 1.807) is 4.31 Å². The molecule has 7 rings (SSSR count).